The maximum absolute atomic E-state index is 13.1. The number of nitrogen functional groups attached to an aromatic ring is 1. The van der Waals surface area contributed by atoms with E-state index in [4.69, 9.17) is 5.73 Å². The molecule has 7 nitrogen and oxygen atoms in total. The van der Waals surface area contributed by atoms with Crippen LogP contribution < -0.4 is 11.3 Å². The van der Waals surface area contributed by atoms with Crippen LogP contribution in [0.25, 0.3) is 38.6 Å². The van der Waals surface area contributed by atoms with Crippen LogP contribution in [0.2, 0.25) is 0 Å². The number of amides is 1. The molecule has 3 aromatic heterocycles. The van der Waals surface area contributed by atoms with Crippen LogP contribution in [0.1, 0.15) is 10.4 Å². The Bertz CT molecular complexity index is 1590. The SMILES string of the molecule is CN(C)C(=O)c1cccc(-n2c(=O)ccc3cnc4ccc(-c5ccc(N)nc5)cc4c32)c1. The molecule has 0 spiro atoms. The molecule has 7 heteroatoms. The molecule has 0 unspecified atom stereocenters. The van der Waals surface area contributed by atoms with Crippen LogP contribution in [0.3, 0.4) is 0 Å². The van der Waals surface area contributed by atoms with E-state index in [2.05, 4.69) is 9.97 Å². The number of hydrogen-bond donors (Lipinski definition) is 1. The van der Waals surface area contributed by atoms with E-state index < -0.39 is 0 Å². The van der Waals surface area contributed by atoms with Crippen LogP contribution in [0.5, 0.6) is 0 Å². The summed E-state index contributed by atoms with van der Waals surface area (Å²) in [6.45, 7) is 0. The van der Waals surface area contributed by atoms with Crippen molar-refractivity contribution in [2.75, 3.05) is 19.8 Å². The first-order valence-corrected chi connectivity index (χ1v) is 10.4. The number of carbonyl (C=O) groups is 1. The number of nitrogens with two attached hydrogens (primary N) is 1. The second-order valence-corrected chi connectivity index (χ2v) is 8.02. The molecule has 162 valence electrons. The minimum Gasteiger partial charge on any atom is -0.384 e. The topological polar surface area (TPSA) is 94.1 Å². The molecule has 5 aromatic rings. The Morgan fingerprint density at radius 2 is 1.73 bits per heavy atom. The fraction of sp³-hybridized carbons (Fsp3) is 0.0769. The van der Waals surface area contributed by atoms with E-state index in [9.17, 15) is 9.59 Å². The predicted molar refractivity (Wildman–Crippen MR) is 131 cm³/mol. The lowest BCUT2D eigenvalue weighted by atomic mass is 10.0. The van der Waals surface area contributed by atoms with Gasteiger partial charge in [0.2, 0.25) is 0 Å². The fourth-order valence-corrected chi connectivity index (χ4v) is 3.96. The molecule has 0 aliphatic carbocycles. The number of nitrogens with zero attached hydrogens (tertiary/aromatic N) is 4. The highest BCUT2D eigenvalue weighted by atomic mass is 16.2. The van der Waals surface area contributed by atoms with Gasteiger partial charge in [-0.15, -0.1) is 0 Å². The van der Waals surface area contributed by atoms with E-state index in [1.165, 1.54) is 11.0 Å². The first-order valence-electron chi connectivity index (χ1n) is 10.4. The fourth-order valence-electron chi connectivity index (χ4n) is 3.96. The monoisotopic (exact) mass is 435 g/mol. The van der Waals surface area contributed by atoms with Gasteiger partial charge < -0.3 is 10.6 Å². The second-order valence-electron chi connectivity index (χ2n) is 8.02. The number of hydrogen-bond acceptors (Lipinski definition) is 5. The zero-order valence-electron chi connectivity index (χ0n) is 18.2. The second kappa shape index (κ2) is 7.87. The normalized spacial score (nSPS) is 11.1. The third-order valence-electron chi connectivity index (χ3n) is 5.59. The molecule has 0 fully saturated rings. The Balaban J connectivity index is 1.81. The highest BCUT2D eigenvalue weighted by Gasteiger charge is 2.14. The smallest absolute Gasteiger partial charge is 0.255 e. The Morgan fingerprint density at radius 1 is 0.909 bits per heavy atom. The zero-order valence-corrected chi connectivity index (χ0v) is 18.2. The number of anilines is 1. The molecule has 0 saturated carbocycles. The average Bonchev–Trinajstić information content (AvgIpc) is 2.83. The van der Waals surface area contributed by atoms with Gasteiger partial charge in [-0.3, -0.25) is 19.1 Å². The third kappa shape index (κ3) is 3.59. The molecule has 0 saturated heterocycles. The zero-order chi connectivity index (χ0) is 23.1. The molecule has 0 aliphatic rings. The van der Waals surface area contributed by atoms with Gasteiger partial charge in [-0.05, 0) is 54.1 Å². The minimum atomic E-state index is -0.191. The molecule has 2 aromatic carbocycles. The number of rotatable bonds is 3. The van der Waals surface area contributed by atoms with Crippen LogP contribution in [0, 0.1) is 0 Å². The van der Waals surface area contributed by atoms with Crippen molar-refractivity contribution in [2.45, 2.75) is 0 Å². The number of benzene rings is 2. The quantitative estimate of drug-likeness (QED) is 0.434. The van der Waals surface area contributed by atoms with Crippen LogP contribution in [0.15, 0.2) is 83.9 Å². The Labute approximate surface area is 189 Å². The first kappa shape index (κ1) is 20.4. The van der Waals surface area contributed by atoms with E-state index in [0.717, 1.165) is 32.9 Å². The molecule has 5 rings (SSSR count). The summed E-state index contributed by atoms with van der Waals surface area (Å²) in [4.78, 5) is 35.9. The van der Waals surface area contributed by atoms with Crippen molar-refractivity contribution < 1.29 is 4.79 Å². The third-order valence-corrected chi connectivity index (χ3v) is 5.59. The summed E-state index contributed by atoms with van der Waals surface area (Å²) < 4.78 is 1.64. The van der Waals surface area contributed by atoms with Crippen LogP contribution in [-0.4, -0.2) is 39.4 Å². The number of pyridine rings is 3. The van der Waals surface area contributed by atoms with Crippen molar-refractivity contribution in [3.05, 3.63) is 95.0 Å². The first-order chi connectivity index (χ1) is 15.9. The molecule has 0 bridgehead atoms. The summed E-state index contributed by atoms with van der Waals surface area (Å²) in [5.41, 5.74) is 10.0. The lowest BCUT2D eigenvalue weighted by Gasteiger charge is -2.15. The van der Waals surface area contributed by atoms with Gasteiger partial charge in [-0.1, -0.05) is 12.1 Å². The summed E-state index contributed by atoms with van der Waals surface area (Å²) in [5.74, 6) is 0.322. The summed E-state index contributed by atoms with van der Waals surface area (Å²) >= 11 is 0. The standard InChI is InChI=1S/C26H21N5O2/c1-30(2)26(33)17-4-3-5-20(12-17)31-24(32)11-8-19-15-28-22-9-6-16(13-21(22)25(19)31)18-7-10-23(27)29-14-18/h3-15H,1-2H3,(H2,27,29). The lowest BCUT2D eigenvalue weighted by Crippen LogP contribution is -2.22. The van der Waals surface area contributed by atoms with Crippen molar-refractivity contribution in [1.82, 2.24) is 19.4 Å². The lowest BCUT2D eigenvalue weighted by molar-refractivity contribution is 0.0827. The summed E-state index contributed by atoms with van der Waals surface area (Å²) in [6.07, 6.45) is 3.48. The predicted octanol–water partition coefficient (Wildman–Crippen LogP) is 3.88. The molecular formula is C26H21N5O2. The molecule has 1 amide bonds. The van der Waals surface area contributed by atoms with Crippen molar-refractivity contribution in [3.8, 4) is 16.8 Å². The van der Waals surface area contributed by atoms with Gasteiger partial charge in [0.05, 0.1) is 16.7 Å². The van der Waals surface area contributed by atoms with Gasteiger partial charge in [0.15, 0.2) is 0 Å². The summed E-state index contributed by atoms with van der Waals surface area (Å²) in [5, 5.41) is 1.64. The number of carbonyl (C=O) groups excluding carboxylic acids is 1. The van der Waals surface area contributed by atoms with Gasteiger partial charge in [-0.2, -0.15) is 0 Å². The molecule has 0 aliphatic heterocycles. The van der Waals surface area contributed by atoms with E-state index >= 15 is 0 Å². The van der Waals surface area contributed by atoms with E-state index in [1.807, 2.05) is 30.3 Å². The van der Waals surface area contributed by atoms with Crippen LogP contribution in [0.4, 0.5) is 5.82 Å². The Kier molecular flexibility index (Phi) is 4.86. The van der Waals surface area contributed by atoms with E-state index in [0.29, 0.717) is 17.1 Å². The maximum Gasteiger partial charge on any atom is 0.255 e. The average molecular weight is 435 g/mol. The maximum atomic E-state index is 13.1. The number of aromatic nitrogens is 3. The number of fused-ring (bicyclic) bond motifs is 3. The largest absolute Gasteiger partial charge is 0.384 e. The Morgan fingerprint density at radius 3 is 2.48 bits per heavy atom. The molecule has 0 radical (unpaired) electrons. The molecule has 33 heavy (non-hydrogen) atoms. The van der Waals surface area contributed by atoms with Gasteiger partial charge in [0.25, 0.3) is 11.5 Å². The molecule has 3 heterocycles. The van der Waals surface area contributed by atoms with Gasteiger partial charge in [0, 0.05) is 54.5 Å². The molecule has 2 N–H and O–H groups in total. The van der Waals surface area contributed by atoms with E-state index in [-0.39, 0.29) is 11.5 Å². The highest BCUT2D eigenvalue weighted by molar-refractivity contribution is 6.05. The molecule has 0 atom stereocenters. The van der Waals surface area contributed by atoms with Crippen molar-refractivity contribution in [1.29, 1.82) is 0 Å². The van der Waals surface area contributed by atoms with Gasteiger partial charge >= 0.3 is 0 Å². The van der Waals surface area contributed by atoms with Crippen molar-refractivity contribution in [2.24, 2.45) is 0 Å². The van der Waals surface area contributed by atoms with Gasteiger partial charge in [0.1, 0.15) is 5.82 Å². The molecular weight excluding hydrogens is 414 g/mol. The summed E-state index contributed by atoms with van der Waals surface area (Å²) in [7, 11) is 3.40. The van der Waals surface area contributed by atoms with Crippen LogP contribution in [-0.2, 0) is 0 Å². The van der Waals surface area contributed by atoms with Gasteiger partial charge in [-0.25, -0.2) is 4.98 Å². The van der Waals surface area contributed by atoms with E-state index in [1.54, 1.807) is 61.4 Å². The minimum absolute atomic E-state index is 0.130. The highest BCUT2D eigenvalue weighted by Crippen LogP contribution is 2.29. The van der Waals surface area contributed by atoms with Crippen molar-refractivity contribution in [3.63, 3.8) is 0 Å². The summed E-state index contributed by atoms with van der Waals surface area (Å²) in [6, 6.07) is 19.9. The van der Waals surface area contributed by atoms with Crippen molar-refractivity contribution >= 4 is 33.5 Å². The van der Waals surface area contributed by atoms with Crippen LogP contribution >= 0.6 is 0 Å². The Hall–Kier alpha value is -4.52.